The predicted octanol–water partition coefficient (Wildman–Crippen LogP) is -3.07. The van der Waals surface area contributed by atoms with E-state index < -0.39 is 31.9 Å². The topological polar surface area (TPSA) is 40.1 Å². The van der Waals surface area contributed by atoms with Gasteiger partial charge in [0, 0.05) is 18.3 Å². The molecule has 0 aliphatic heterocycles. The Labute approximate surface area is 84.2 Å². The van der Waals surface area contributed by atoms with Crippen LogP contribution in [0.4, 0.5) is 0 Å². The van der Waals surface area contributed by atoms with Crippen LogP contribution in [0, 0.1) is 0 Å². The first kappa shape index (κ1) is 1.97. The van der Waals surface area contributed by atoms with E-state index in [1.54, 1.807) is 0 Å². The number of carbonyl (C=O) groups excluding carboxylic acids is 1. The molecule has 0 aromatic heterocycles. The maximum absolute atomic E-state index is 10.4. The maximum atomic E-state index is 10.4. The van der Waals surface area contributed by atoms with Gasteiger partial charge in [-0.25, -0.2) is 0 Å². The molecule has 0 heterocycles. The molecule has 0 N–H and O–H groups in total. The van der Waals surface area contributed by atoms with Crippen molar-refractivity contribution in [3.05, 3.63) is 0 Å². The molecule has 0 aliphatic carbocycles. The molecule has 0 fully saturated rings. The Balaban J connectivity index is 0. The van der Waals surface area contributed by atoms with E-state index in [0.29, 0.717) is 0 Å². The van der Waals surface area contributed by atoms with Gasteiger partial charge in [0.15, 0.2) is 0 Å². The van der Waals surface area contributed by atoms with Crippen molar-refractivity contribution in [2.45, 2.75) is 26.0 Å². The smallest absolute Gasteiger partial charge is 0.550 e. The van der Waals surface area contributed by atoms with Gasteiger partial charge in [-0.05, 0) is 12.7 Å². The summed E-state index contributed by atoms with van der Waals surface area (Å²) in [5.41, 5.74) is 0. The molecule has 0 bridgehead atoms. The number of aliphatic carboxylic acids is 1. The zero-order valence-electron chi connectivity index (χ0n) is 13.3. The molecular weight excluding hydrogens is 115 g/mol. The van der Waals surface area contributed by atoms with Crippen molar-refractivity contribution < 1.29 is 51.8 Å². The van der Waals surface area contributed by atoms with E-state index in [1.165, 1.54) is 0 Å². The molecule has 0 saturated heterocycles. The second kappa shape index (κ2) is 7.47. The van der Waals surface area contributed by atoms with Crippen LogP contribution in [0.15, 0.2) is 0 Å². The molecule has 0 unspecified atom stereocenters. The van der Waals surface area contributed by atoms with E-state index in [-0.39, 0.29) is 29.6 Å². The molecule has 2 nitrogen and oxygen atoms in total. The number of carboxylic acids is 1. The number of hydrogen-bond donors (Lipinski definition) is 0. The molecule has 0 aliphatic rings. The second-order valence-corrected chi connectivity index (χ2v) is 0.662. The van der Waals surface area contributed by atoms with E-state index in [9.17, 15) is 9.90 Å². The van der Waals surface area contributed by atoms with Gasteiger partial charge in [0.05, 0.1) is 0 Å². The van der Waals surface area contributed by atoms with E-state index >= 15 is 0 Å². The summed E-state index contributed by atoms with van der Waals surface area (Å²) in [6.45, 7) is -3.50. The van der Waals surface area contributed by atoms with Crippen LogP contribution in [0.1, 0.15) is 38.3 Å². The third kappa shape index (κ3) is 9.69. The molecule has 0 rings (SSSR count). The van der Waals surface area contributed by atoms with Crippen molar-refractivity contribution in [1.29, 1.82) is 0 Å². The molecule has 0 radical (unpaired) electrons. The summed E-state index contributed by atoms with van der Waals surface area (Å²) in [7, 11) is 0. The Kier molecular flexibility index (Phi) is 1.84. The second-order valence-electron chi connectivity index (χ2n) is 0.662. The average molecular weight is 133 g/mol. The van der Waals surface area contributed by atoms with Gasteiger partial charge in [-0.3, -0.25) is 0 Å². The Hall–Kier alpha value is 0.470. The van der Waals surface area contributed by atoms with Gasteiger partial charge in [0.25, 0.3) is 0 Å². The number of rotatable bonds is 3. The van der Waals surface area contributed by atoms with Crippen molar-refractivity contribution >= 4 is 5.97 Å². The summed E-state index contributed by atoms with van der Waals surface area (Å²) in [5.74, 6) is -2.51. The largest absolute Gasteiger partial charge is 1.00 e. The SMILES string of the molecule is [2H]C([2H])([2H])C([2H])([2H])C([2H])([2H])C([2H])([2H])C(=O)[O-].[Na+]. The summed E-state index contributed by atoms with van der Waals surface area (Å²) in [4.78, 5) is 10.4. The third-order valence-corrected chi connectivity index (χ3v) is 0.227. The predicted molar refractivity (Wildman–Crippen MR) is 24.5 cm³/mol. The molecule has 8 heavy (non-hydrogen) atoms. The van der Waals surface area contributed by atoms with Crippen molar-refractivity contribution in [1.82, 2.24) is 0 Å². The monoisotopic (exact) mass is 133 g/mol. The number of carboxylic acid groups (broad SMARTS) is 1. The molecule has 0 aromatic rings. The zero-order valence-corrected chi connectivity index (χ0v) is 6.32. The fraction of sp³-hybridized carbons (Fsp3) is 0.800. The fourth-order valence-corrected chi connectivity index (χ4v) is 0.0823. The zero-order chi connectivity index (χ0) is 13.6. The van der Waals surface area contributed by atoms with Crippen LogP contribution in [-0.4, -0.2) is 5.97 Å². The van der Waals surface area contributed by atoms with Crippen LogP contribution >= 0.6 is 0 Å². The molecular formula is C5H9NaO2. The Bertz CT molecular complexity index is 296. The normalized spacial score (nSPS) is 31.2. The minimum Gasteiger partial charge on any atom is -0.550 e. The van der Waals surface area contributed by atoms with Crippen molar-refractivity contribution in [3.63, 3.8) is 0 Å². The molecule has 42 valence electrons. The molecule has 0 aromatic carbocycles. The Morgan fingerprint density at radius 2 is 2.62 bits per heavy atom. The molecule has 3 heteroatoms. The van der Waals surface area contributed by atoms with Gasteiger partial charge >= 0.3 is 29.6 Å². The van der Waals surface area contributed by atoms with Crippen molar-refractivity contribution in [2.75, 3.05) is 0 Å². The summed E-state index contributed by atoms with van der Waals surface area (Å²) < 4.78 is 62.1. The Morgan fingerprint density at radius 3 is 3.00 bits per heavy atom. The molecule has 0 saturated carbocycles. The van der Waals surface area contributed by atoms with Gasteiger partial charge in [-0.2, -0.15) is 0 Å². The minimum absolute atomic E-state index is 0. The summed E-state index contributed by atoms with van der Waals surface area (Å²) in [5, 5.41) is 10.4. The van der Waals surface area contributed by atoms with Gasteiger partial charge in [-0.1, -0.05) is 13.2 Å². The van der Waals surface area contributed by atoms with E-state index in [4.69, 9.17) is 12.3 Å². The third-order valence-electron chi connectivity index (χ3n) is 0.227. The van der Waals surface area contributed by atoms with Crippen LogP contribution in [0.2, 0.25) is 0 Å². The first-order chi connectivity index (χ1) is 6.69. The molecule has 0 spiro atoms. The summed E-state index contributed by atoms with van der Waals surface area (Å²) >= 11 is 0. The summed E-state index contributed by atoms with van der Waals surface area (Å²) in [6, 6.07) is 0. The fourth-order valence-electron chi connectivity index (χ4n) is 0.0823. The van der Waals surface area contributed by atoms with Crippen molar-refractivity contribution in [2.24, 2.45) is 0 Å². The van der Waals surface area contributed by atoms with Crippen LogP contribution in [0.3, 0.4) is 0 Å². The quantitative estimate of drug-likeness (QED) is 0.383. The maximum Gasteiger partial charge on any atom is 1.00 e. The van der Waals surface area contributed by atoms with Gasteiger partial charge in [-0.15, -0.1) is 0 Å². The average Bonchev–Trinajstić information content (AvgIpc) is 2.00. The van der Waals surface area contributed by atoms with Gasteiger partial charge < -0.3 is 9.90 Å². The van der Waals surface area contributed by atoms with Crippen LogP contribution in [0.5, 0.6) is 0 Å². The summed E-state index contributed by atoms with van der Waals surface area (Å²) in [6.07, 6.45) is -11.2. The van der Waals surface area contributed by atoms with E-state index in [2.05, 4.69) is 0 Å². The minimum atomic E-state index is -3.76. The Morgan fingerprint density at radius 1 is 2.00 bits per heavy atom. The number of hydrogen-bond acceptors (Lipinski definition) is 2. The van der Waals surface area contributed by atoms with Gasteiger partial charge in [0.2, 0.25) is 0 Å². The van der Waals surface area contributed by atoms with E-state index in [0.717, 1.165) is 0 Å². The molecule has 0 amide bonds. The standard InChI is InChI=1S/C5H10O2.Na/c1-2-3-4-5(6)7;/h2-4H2,1H3,(H,6,7);/q;+1/p-1/i1D3,2D2,3D2,4D2;. The van der Waals surface area contributed by atoms with E-state index in [1.807, 2.05) is 0 Å². The molecule has 0 atom stereocenters. The van der Waals surface area contributed by atoms with Crippen molar-refractivity contribution in [3.8, 4) is 0 Å². The first-order valence-electron chi connectivity index (χ1n) is 5.91. The van der Waals surface area contributed by atoms with Crippen LogP contribution < -0.4 is 34.7 Å². The van der Waals surface area contributed by atoms with Crippen LogP contribution in [0.25, 0.3) is 0 Å². The van der Waals surface area contributed by atoms with Gasteiger partial charge in [0.1, 0.15) is 0 Å². The first-order valence-corrected chi connectivity index (χ1v) is 1.41. The number of carbonyl (C=O) groups is 1. The van der Waals surface area contributed by atoms with Crippen LogP contribution in [-0.2, 0) is 4.79 Å².